The molecule has 0 aliphatic carbocycles. The largest absolute Gasteiger partial charge is 0.492 e. The Kier molecular flexibility index (Phi) is 6.42. The Labute approximate surface area is 204 Å². The van der Waals surface area contributed by atoms with Gasteiger partial charge in [-0.05, 0) is 64.2 Å². The van der Waals surface area contributed by atoms with Crippen LogP contribution in [-0.4, -0.2) is 30.7 Å². The first-order valence-electron chi connectivity index (χ1n) is 11.5. The van der Waals surface area contributed by atoms with E-state index in [1.165, 1.54) is 23.4 Å². The first-order chi connectivity index (χ1) is 17.1. The van der Waals surface area contributed by atoms with Crippen LogP contribution in [0.3, 0.4) is 0 Å². The van der Waals surface area contributed by atoms with Gasteiger partial charge in [0.2, 0.25) is 0 Å². The number of hydrogen-bond donors (Lipinski definition) is 1. The van der Waals surface area contributed by atoms with Gasteiger partial charge in [0.15, 0.2) is 0 Å². The van der Waals surface area contributed by atoms with Crippen LogP contribution < -0.4 is 10.5 Å². The third kappa shape index (κ3) is 5.00. The van der Waals surface area contributed by atoms with Crippen LogP contribution in [0.2, 0.25) is 0 Å². The standard InChI is InChI=1S/C30H26N2O3/c1-34-30(33)27-14-15-32-29-13-10-24(18-28(27)29)22-8-11-26(12-9-22)35-19-25(31)17-20-6-7-21-4-2-3-5-23(21)16-20/h2-16,18,25H,17,19,31H2,1H3/t25-/m0/s1. The van der Waals surface area contributed by atoms with E-state index in [-0.39, 0.29) is 12.0 Å². The normalized spacial score (nSPS) is 11.9. The van der Waals surface area contributed by atoms with Crippen molar-refractivity contribution in [3.05, 3.63) is 108 Å². The summed E-state index contributed by atoms with van der Waals surface area (Å²) in [6, 6.07) is 30.1. The van der Waals surface area contributed by atoms with Gasteiger partial charge in [-0.25, -0.2) is 4.79 Å². The minimum absolute atomic E-state index is 0.111. The molecule has 0 aliphatic heterocycles. The number of carbonyl (C=O) groups is 1. The van der Waals surface area contributed by atoms with Crippen LogP contribution in [-0.2, 0) is 11.2 Å². The minimum Gasteiger partial charge on any atom is -0.492 e. The van der Waals surface area contributed by atoms with Gasteiger partial charge in [-0.2, -0.15) is 0 Å². The number of rotatable bonds is 7. The lowest BCUT2D eigenvalue weighted by Crippen LogP contribution is -2.30. The molecule has 35 heavy (non-hydrogen) atoms. The Balaban J connectivity index is 1.25. The average molecular weight is 463 g/mol. The van der Waals surface area contributed by atoms with Crippen LogP contribution in [0.5, 0.6) is 5.75 Å². The van der Waals surface area contributed by atoms with Crippen molar-refractivity contribution in [3.63, 3.8) is 0 Å². The molecule has 174 valence electrons. The number of fused-ring (bicyclic) bond motifs is 2. The van der Waals surface area contributed by atoms with Gasteiger partial charge < -0.3 is 15.2 Å². The van der Waals surface area contributed by atoms with Gasteiger partial charge in [-0.15, -0.1) is 0 Å². The van der Waals surface area contributed by atoms with Gasteiger partial charge in [0, 0.05) is 17.6 Å². The van der Waals surface area contributed by atoms with Crippen LogP contribution in [0.15, 0.2) is 97.2 Å². The summed E-state index contributed by atoms with van der Waals surface area (Å²) in [6.45, 7) is 0.427. The molecule has 0 amide bonds. The molecule has 1 aromatic heterocycles. The maximum Gasteiger partial charge on any atom is 0.338 e. The summed E-state index contributed by atoms with van der Waals surface area (Å²) in [6.07, 6.45) is 2.36. The number of nitrogens with zero attached hydrogens (tertiary/aromatic N) is 1. The fourth-order valence-electron chi connectivity index (χ4n) is 4.29. The van der Waals surface area contributed by atoms with E-state index in [0.29, 0.717) is 12.2 Å². The molecule has 0 radical (unpaired) electrons. The first kappa shape index (κ1) is 22.6. The molecule has 0 saturated heterocycles. The summed E-state index contributed by atoms with van der Waals surface area (Å²) >= 11 is 0. The van der Waals surface area contributed by atoms with Crippen molar-refractivity contribution in [3.8, 4) is 16.9 Å². The molecule has 2 N–H and O–H groups in total. The highest BCUT2D eigenvalue weighted by molar-refractivity contribution is 6.04. The summed E-state index contributed by atoms with van der Waals surface area (Å²) in [5.41, 5.74) is 10.8. The quantitative estimate of drug-likeness (QED) is 0.310. The minimum atomic E-state index is -0.377. The number of esters is 1. The summed E-state index contributed by atoms with van der Waals surface area (Å²) in [5.74, 6) is 0.388. The van der Waals surface area contributed by atoms with E-state index >= 15 is 0 Å². The number of carbonyl (C=O) groups excluding carboxylic acids is 1. The predicted molar refractivity (Wildman–Crippen MR) is 140 cm³/mol. The molecular weight excluding hydrogens is 436 g/mol. The molecule has 4 aromatic carbocycles. The van der Waals surface area contributed by atoms with Crippen molar-refractivity contribution in [2.45, 2.75) is 12.5 Å². The SMILES string of the molecule is COC(=O)c1ccnc2ccc(-c3ccc(OC[C@@H](N)Cc4ccc5ccccc5c4)cc3)cc12. The van der Waals surface area contributed by atoms with Gasteiger partial charge in [-0.3, -0.25) is 4.98 Å². The van der Waals surface area contributed by atoms with E-state index in [1.807, 2.05) is 54.6 Å². The van der Waals surface area contributed by atoms with Gasteiger partial charge in [0.05, 0.1) is 18.2 Å². The van der Waals surface area contributed by atoms with Crippen LogP contribution in [0.1, 0.15) is 15.9 Å². The maximum absolute atomic E-state index is 12.1. The Bertz CT molecular complexity index is 1500. The van der Waals surface area contributed by atoms with Gasteiger partial charge in [-0.1, -0.05) is 60.7 Å². The second-order valence-corrected chi connectivity index (χ2v) is 8.56. The van der Waals surface area contributed by atoms with Gasteiger partial charge in [0.1, 0.15) is 12.4 Å². The summed E-state index contributed by atoms with van der Waals surface area (Å²) in [7, 11) is 1.38. The van der Waals surface area contributed by atoms with Crippen LogP contribution >= 0.6 is 0 Å². The van der Waals surface area contributed by atoms with E-state index in [4.69, 9.17) is 15.2 Å². The molecule has 5 aromatic rings. The van der Waals surface area contributed by atoms with Crippen LogP contribution in [0.25, 0.3) is 32.8 Å². The molecule has 5 nitrogen and oxygen atoms in total. The average Bonchev–Trinajstić information content (AvgIpc) is 2.91. The van der Waals surface area contributed by atoms with Crippen molar-refractivity contribution >= 4 is 27.6 Å². The molecular formula is C30H26N2O3. The Hall–Kier alpha value is -4.22. The van der Waals surface area contributed by atoms with E-state index in [9.17, 15) is 4.79 Å². The Morgan fingerprint density at radius 1 is 0.886 bits per heavy atom. The Morgan fingerprint density at radius 3 is 2.46 bits per heavy atom. The fourth-order valence-corrected chi connectivity index (χ4v) is 4.29. The second kappa shape index (κ2) is 9.95. The summed E-state index contributed by atoms with van der Waals surface area (Å²) < 4.78 is 10.9. The third-order valence-electron chi connectivity index (χ3n) is 6.11. The highest BCUT2D eigenvalue weighted by Crippen LogP contribution is 2.27. The molecule has 0 fully saturated rings. The molecule has 0 bridgehead atoms. The highest BCUT2D eigenvalue weighted by Gasteiger charge is 2.12. The number of hydrogen-bond acceptors (Lipinski definition) is 5. The molecule has 5 heteroatoms. The zero-order valence-corrected chi connectivity index (χ0v) is 19.5. The topological polar surface area (TPSA) is 74.4 Å². The maximum atomic E-state index is 12.1. The van der Waals surface area contributed by atoms with Gasteiger partial charge in [0.25, 0.3) is 0 Å². The van der Waals surface area contributed by atoms with Crippen molar-refractivity contribution in [2.24, 2.45) is 5.73 Å². The molecule has 5 rings (SSSR count). The molecule has 0 unspecified atom stereocenters. The number of aromatic nitrogens is 1. The molecule has 0 spiro atoms. The number of pyridine rings is 1. The van der Waals surface area contributed by atoms with E-state index in [0.717, 1.165) is 34.2 Å². The lowest BCUT2D eigenvalue weighted by Gasteiger charge is -2.14. The molecule has 0 saturated carbocycles. The van der Waals surface area contributed by atoms with E-state index in [1.54, 1.807) is 12.3 Å². The van der Waals surface area contributed by atoms with Crippen molar-refractivity contribution in [2.75, 3.05) is 13.7 Å². The number of methoxy groups -OCH3 is 1. The second-order valence-electron chi connectivity index (χ2n) is 8.56. The van der Waals surface area contributed by atoms with E-state index < -0.39 is 0 Å². The lowest BCUT2D eigenvalue weighted by molar-refractivity contribution is 0.0603. The number of nitrogens with two attached hydrogens (primary N) is 1. The lowest BCUT2D eigenvalue weighted by atomic mass is 10.0. The monoisotopic (exact) mass is 462 g/mol. The van der Waals surface area contributed by atoms with Crippen LogP contribution in [0.4, 0.5) is 0 Å². The zero-order valence-electron chi connectivity index (χ0n) is 19.5. The van der Waals surface area contributed by atoms with E-state index in [2.05, 4.69) is 35.3 Å². The van der Waals surface area contributed by atoms with Crippen molar-refractivity contribution in [1.29, 1.82) is 0 Å². The van der Waals surface area contributed by atoms with Crippen LogP contribution in [0, 0.1) is 0 Å². The summed E-state index contributed by atoms with van der Waals surface area (Å²) in [4.78, 5) is 16.5. The Morgan fingerprint density at radius 2 is 1.66 bits per heavy atom. The molecule has 1 heterocycles. The summed E-state index contributed by atoms with van der Waals surface area (Å²) in [5, 5.41) is 3.21. The molecule has 1 atom stereocenters. The van der Waals surface area contributed by atoms with Gasteiger partial charge >= 0.3 is 5.97 Å². The molecule has 0 aliphatic rings. The van der Waals surface area contributed by atoms with Crippen molar-refractivity contribution in [1.82, 2.24) is 4.98 Å². The number of benzene rings is 4. The predicted octanol–water partition coefficient (Wildman–Crippen LogP) is 5.79. The third-order valence-corrected chi connectivity index (χ3v) is 6.11. The van der Waals surface area contributed by atoms with Crippen molar-refractivity contribution < 1.29 is 14.3 Å². The fraction of sp³-hybridized carbons (Fsp3) is 0.133. The first-order valence-corrected chi connectivity index (χ1v) is 11.5. The zero-order chi connectivity index (χ0) is 24.2. The highest BCUT2D eigenvalue weighted by atomic mass is 16.5. The number of ether oxygens (including phenoxy) is 2. The smallest absolute Gasteiger partial charge is 0.338 e.